The molecule has 2 N–H and O–H groups in total. The maximum absolute atomic E-state index is 10.9. The number of likely N-dealkylation sites (tertiary alicyclic amines) is 1. The number of anilines is 1. The number of piperidine rings is 1. The van der Waals surface area contributed by atoms with Crippen molar-refractivity contribution in [1.82, 2.24) is 14.9 Å². The monoisotopic (exact) mass is 263 g/mol. The molecule has 1 fully saturated rings. The van der Waals surface area contributed by atoms with E-state index in [0.29, 0.717) is 12.5 Å². The predicted octanol–water partition coefficient (Wildman–Crippen LogP) is 0.207. The first-order valence-electron chi connectivity index (χ1n) is 6.57. The summed E-state index contributed by atoms with van der Waals surface area (Å²) in [5.41, 5.74) is 6.28. The molecule has 2 heterocycles. The van der Waals surface area contributed by atoms with Crippen LogP contribution in [-0.2, 0) is 4.79 Å². The first kappa shape index (κ1) is 13.7. The highest BCUT2D eigenvalue weighted by atomic mass is 16.1. The van der Waals surface area contributed by atoms with Crippen LogP contribution < -0.4 is 10.6 Å². The summed E-state index contributed by atoms with van der Waals surface area (Å²) in [6.07, 6.45) is 5.46. The highest BCUT2D eigenvalue weighted by Crippen LogP contribution is 2.30. The Bertz CT molecular complexity index is 440. The number of aromatic nitrogens is 2. The van der Waals surface area contributed by atoms with Gasteiger partial charge in [-0.3, -0.25) is 14.7 Å². The summed E-state index contributed by atoms with van der Waals surface area (Å²) >= 11 is 0. The molecule has 1 aliphatic heterocycles. The molecule has 0 spiro atoms. The van der Waals surface area contributed by atoms with Gasteiger partial charge >= 0.3 is 0 Å². The predicted molar refractivity (Wildman–Crippen MR) is 74.0 cm³/mol. The molecule has 0 radical (unpaired) electrons. The van der Waals surface area contributed by atoms with Crippen LogP contribution in [0.4, 0.5) is 5.82 Å². The van der Waals surface area contributed by atoms with Crippen molar-refractivity contribution in [3.8, 4) is 0 Å². The number of carbonyl (C=O) groups is 1. The van der Waals surface area contributed by atoms with Crippen LogP contribution in [-0.4, -0.2) is 54.5 Å². The van der Waals surface area contributed by atoms with Crippen molar-refractivity contribution in [2.45, 2.75) is 18.8 Å². The van der Waals surface area contributed by atoms with E-state index in [0.717, 1.165) is 37.4 Å². The van der Waals surface area contributed by atoms with Crippen LogP contribution in [0.3, 0.4) is 0 Å². The summed E-state index contributed by atoms with van der Waals surface area (Å²) in [5, 5.41) is 0. The summed E-state index contributed by atoms with van der Waals surface area (Å²) in [6.45, 7) is 2.13. The topological polar surface area (TPSA) is 75.3 Å². The number of nitrogens with zero attached hydrogens (tertiary/aromatic N) is 4. The summed E-state index contributed by atoms with van der Waals surface area (Å²) in [6, 6.07) is 0. The van der Waals surface area contributed by atoms with Crippen molar-refractivity contribution in [3.05, 3.63) is 18.1 Å². The van der Waals surface area contributed by atoms with Crippen LogP contribution in [0.15, 0.2) is 12.4 Å². The van der Waals surface area contributed by atoms with Gasteiger partial charge in [0.15, 0.2) is 0 Å². The number of amides is 1. The van der Waals surface area contributed by atoms with Gasteiger partial charge in [-0.2, -0.15) is 0 Å². The van der Waals surface area contributed by atoms with Crippen LogP contribution in [0.2, 0.25) is 0 Å². The lowest BCUT2D eigenvalue weighted by atomic mass is 9.93. The normalized spacial score (nSPS) is 17.4. The summed E-state index contributed by atoms with van der Waals surface area (Å²) < 4.78 is 0. The molecule has 1 aromatic rings. The van der Waals surface area contributed by atoms with Crippen LogP contribution in [0.25, 0.3) is 0 Å². The van der Waals surface area contributed by atoms with Crippen molar-refractivity contribution in [1.29, 1.82) is 0 Å². The van der Waals surface area contributed by atoms with E-state index in [2.05, 4.69) is 14.9 Å². The third-order valence-electron chi connectivity index (χ3n) is 3.48. The Balaban J connectivity index is 2.03. The van der Waals surface area contributed by atoms with Crippen LogP contribution in [0.5, 0.6) is 0 Å². The molecular formula is C13H21N5O. The average molecular weight is 263 g/mol. The first-order chi connectivity index (χ1) is 9.08. The van der Waals surface area contributed by atoms with Crippen molar-refractivity contribution < 1.29 is 4.79 Å². The molecular weight excluding hydrogens is 242 g/mol. The molecule has 1 amide bonds. The van der Waals surface area contributed by atoms with Gasteiger partial charge < -0.3 is 10.6 Å². The Morgan fingerprint density at radius 2 is 2.00 bits per heavy atom. The van der Waals surface area contributed by atoms with E-state index < -0.39 is 0 Å². The fraction of sp³-hybridized carbons (Fsp3) is 0.615. The lowest BCUT2D eigenvalue weighted by Gasteiger charge is -2.31. The van der Waals surface area contributed by atoms with Gasteiger partial charge in [-0.25, -0.2) is 4.98 Å². The van der Waals surface area contributed by atoms with E-state index in [4.69, 9.17) is 5.73 Å². The van der Waals surface area contributed by atoms with Crippen LogP contribution in [0.1, 0.15) is 24.5 Å². The minimum Gasteiger partial charge on any atom is -0.369 e. The second-order valence-electron chi connectivity index (χ2n) is 5.18. The Hall–Kier alpha value is -1.69. The highest BCUT2D eigenvalue weighted by molar-refractivity contribution is 5.75. The van der Waals surface area contributed by atoms with Gasteiger partial charge in [-0.1, -0.05) is 0 Å². The molecule has 6 heteroatoms. The zero-order valence-electron chi connectivity index (χ0n) is 11.5. The summed E-state index contributed by atoms with van der Waals surface area (Å²) in [5.74, 6) is 1.10. The molecule has 1 aromatic heterocycles. The zero-order chi connectivity index (χ0) is 13.8. The van der Waals surface area contributed by atoms with Gasteiger partial charge in [0.1, 0.15) is 5.82 Å². The maximum atomic E-state index is 10.9. The SMILES string of the molecule is CN(C)c1nccnc1C1CCN(CC(N)=O)CC1. The van der Waals surface area contributed by atoms with Crippen molar-refractivity contribution in [2.75, 3.05) is 38.6 Å². The number of carbonyl (C=O) groups excluding carboxylic acids is 1. The van der Waals surface area contributed by atoms with E-state index in [-0.39, 0.29) is 5.91 Å². The van der Waals surface area contributed by atoms with E-state index in [1.54, 1.807) is 12.4 Å². The molecule has 1 aliphatic rings. The largest absolute Gasteiger partial charge is 0.369 e. The van der Waals surface area contributed by atoms with Crippen molar-refractivity contribution >= 4 is 11.7 Å². The Morgan fingerprint density at radius 1 is 1.37 bits per heavy atom. The fourth-order valence-corrected chi connectivity index (χ4v) is 2.56. The lowest BCUT2D eigenvalue weighted by Crippen LogP contribution is -2.39. The molecule has 0 saturated carbocycles. The van der Waals surface area contributed by atoms with Gasteiger partial charge in [-0.15, -0.1) is 0 Å². The number of hydrogen-bond donors (Lipinski definition) is 1. The third kappa shape index (κ3) is 3.41. The number of rotatable bonds is 4. The van der Waals surface area contributed by atoms with Gasteiger partial charge in [0.25, 0.3) is 0 Å². The molecule has 0 bridgehead atoms. The van der Waals surface area contributed by atoms with Gasteiger partial charge in [0.05, 0.1) is 12.2 Å². The summed E-state index contributed by atoms with van der Waals surface area (Å²) in [7, 11) is 3.96. The van der Waals surface area contributed by atoms with Crippen LogP contribution >= 0.6 is 0 Å². The Morgan fingerprint density at radius 3 is 2.58 bits per heavy atom. The second kappa shape index (κ2) is 5.97. The Kier molecular flexibility index (Phi) is 4.31. The maximum Gasteiger partial charge on any atom is 0.231 e. The molecule has 6 nitrogen and oxygen atoms in total. The zero-order valence-corrected chi connectivity index (χ0v) is 11.5. The van der Waals surface area contributed by atoms with E-state index >= 15 is 0 Å². The quantitative estimate of drug-likeness (QED) is 0.840. The molecule has 2 rings (SSSR count). The average Bonchev–Trinajstić information content (AvgIpc) is 2.39. The van der Waals surface area contributed by atoms with Crippen LogP contribution in [0, 0.1) is 0 Å². The first-order valence-corrected chi connectivity index (χ1v) is 6.57. The Labute approximate surface area is 113 Å². The number of primary amides is 1. The van der Waals surface area contributed by atoms with E-state index in [1.165, 1.54) is 0 Å². The van der Waals surface area contributed by atoms with Crippen molar-refractivity contribution in [3.63, 3.8) is 0 Å². The highest BCUT2D eigenvalue weighted by Gasteiger charge is 2.25. The molecule has 0 unspecified atom stereocenters. The van der Waals surface area contributed by atoms with E-state index in [9.17, 15) is 4.79 Å². The standard InChI is InChI=1S/C13H21N5O/c1-17(2)13-12(15-5-6-16-13)10-3-7-18(8-4-10)9-11(14)19/h5-6,10H,3-4,7-9H2,1-2H3,(H2,14,19). The van der Waals surface area contributed by atoms with E-state index in [1.807, 2.05) is 19.0 Å². The smallest absolute Gasteiger partial charge is 0.231 e. The minimum absolute atomic E-state index is 0.257. The minimum atomic E-state index is -0.257. The molecule has 0 aliphatic carbocycles. The van der Waals surface area contributed by atoms with Gasteiger partial charge in [0, 0.05) is 32.4 Å². The molecule has 1 saturated heterocycles. The lowest BCUT2D eigenvalue weighted by molar-refractivity contribution is -0.119. The molecule has 104 valence electrons. The van der Waals surface area contributed by atoms with Gasteiger partial charge in [0.2, 0.25) is 5.91 Å². The third-order valence-corrected chi connectivity index (χ3v) is 3.48. The van der Waals surface area contributed by atoms with Crippen molar-refractivity contribution in [2.24, 2.45) is 5.73 Å². The van der Waals surface area contributed by atoms with Gasteiger partial charge in [-0.05, 0) is 25.9 Å². The fourth-order valence-electron chi connectivity index (χ4n) is 2.56. The number of nitrogens with two attached hydrogens (primary N) is 1. The number of hydrogen-bond acceptors (Lipinski definition) is 5. The second-order valence-corrected chi connectivity index (χ2v) is 5.18. The summed E-state index contributed by atoms with van der Waals surface area (Å²) in [4.78, 5) is 23.9. The molecule has 0 aromatic carbocycles. The molecule has 19 heavy (non-hydrogen) atoms. The molecule has 0 atom stereocenters.